The smallest absolute Gasteiger partial charge is 0.225 e. The number of piperidine rings is 1. The van der Waals surface area contributed by atoms with Gasteiger partial charge in [-0.2, -0.15) is 0 Å². The molecule has 0 N–H and O–H groups in total. The van der Waals surface area contributed by atoms with Crippen LogP contribution in [0.4, 0.5) is 11.4 Å². The molecule has 0 aromatic heterocycles. The van der Waals surface area contributed by atoms with Crippen molar-refractivity contribution >= 4 is 28.9 Å². The van der Waals surface area contributed by atoms with Crippen LogP contribution in [-0.4, -0.2) is 50.1 Å². The molecule has 0 radical (unpaired) electrons. The Morgan fingerprint density at radius 3 is 2.17 bits per heavy atom. The summed E-state index contributed by atoms with van der Waals surface area (Å²) in [5, 5.41) is 0.768. The summed E-state index contributed by atoms with van der Waals surface area (Å²) in [6.45, 7) is 9.48. The SMILES string of the molecule is Cc1ccc(N2CCC(C(=O)N3CCN(c4cc(Cl)ccc4C)CC3)CC2)cc1. The lowest BCUT2D eigenvalue weighted by Crippen LogP contribution is -2.51. The number of carbonyl (C=O) groups excluding carboxylic acids is 1. The minimum atomic E-state index is 0.163. The molecule has 2 aromatic carbocycles. The quantitative estimate of drug-likeness (QED) is 0.742. The number of hydrogen-bond donors (Lipinski definition) is 0. The van der Waals surface area contributed by atoms with Crippen LogP contribution in [0.1, 0.15) is 24.0 Å². The van der Waals surface area contributed by atoms with Crippen molar-refractivity contribution in [1.82, 2.24) is 4.90 Å². The van der Waals surface area contributed by atoms with Gasteiger partial charge in [0, 0.05) is 61.6 Å². The molecule has 2 aliphatic heterocycles. The maximum Gasteiger partial charge on any atom is 0.225 e. The van der Waals surface area contributed by atoms with Crippen LogP contribution in [0.25, 0.3) is 0 Å². The van der Waals surface area contributed by atoms with E-state index < -0.39 is 0 Å². The zero-order chi connectivity index (χ0) is 20.4. The Hall–Kier alpha value is -2.20. The van der Waals surface area contributed by atoms with Gasteiger partial charge in [-0.25, -0.2) is 0 Å². The van der Waals surface area contributed by atoms with Crippen LogP contribution in [0.15, 0.2) is 42.5 Å². The zero-order valence-corrected chi connectivity index (χ0v) is 18.2. The molecule has 5 heteroatoms. The molecular weight excluding hydrogens is 382 g/mol. The number of nitrogens with zero attached hydrogens (tertiary/aromatic N) is 3. The third-order valence-corrected chi connectivity index (χ3v) is 6.58. The first-order chi connectivity index (χ1) is 14.0. The Morgan fingerprint density at radius 1 is 0.862 bits per heavy atom. The Balaban J connectivity index is 1.30. The Morgan fingerprint density at radius 2 is 1.52 bits per heavy atom. The van der Waals surface area contributed by atoms with Crippen molar-refractivity contribution in [2.75, 3.05) is 49.1 Å². The van der Waals surface area contributed by atoms with Gasteiger partial charge in [-0.05, 0) is 56.5 Å². The summed E-state index contributed by atoms with van der Waals surface area (Å²) >= 11 is 6.19. The van der Waals surface area contributed by atoms with E-state index in [-0.39, 0.29) is 5.92 Å². The van der Waals surface area contributed by atoms with Gasteiger partial charge in [-0.3, -0.25) is 4.79 Å². The molecule has 1 amide bonds. The number of hydrogen-bond acceptors (Lipinski definition) is 3. The fraction of sp³-hybridized carbons (Fsp3) is 0.458. The van der Waals surface area contributed by atoms with Gasteiger partial charge in [-0.15, -0.1) is 0 Å². The summed E-state index contributed by atoms with van der Waals surface area (Å²) in [6.07, 6.45) is 1.89. The first-order valence-corrected chi connectivity index (χ1v) is 11.0. The van der Waals surface area contributed by atoms with E-state index in [0.29, 0.717) is 5.91 Å². The third-order valence-electron chi connectivity index (χ3n) is 6.35. The number of aryl methyl sites for hydroxylation is 2. The largest absolute Gasteiger partial charge is 0.371 e. The highest BCUT2D eigenvalue weighted by Crippen LogP contribution is 2.28. The molecule has 154 valence electrons. The lowest BCUT2D eigenvalue weighted by Gasteiger charge is -2.40. The van der Waals surface area contributed by atoms with Crippen LogP contribution in [0, 0.1) is 19.8 Å². The van der Waals surface area contributed by atoms with Crippen molar-refractivity contribution in [3.63, 3.8) is 0 Å². The van der Waals surface area contributed by atoms with Gasteiger partial charge >= 0.3 is 0 Å². The van der Waals surface area contributed by atoms with Crippen LogP contribution in [-0.2, 0) is 4.79 Å². The van der Waals surface area contributed by atoms with Crippen molar-refractivity contribution in [1.29, 1.82) is 0 Å². The summed E-state index contributed by atoms with van der Waals surface area (Å²) in [6, 6.07) is 14.7. The topological polar surface area (TPSA) is 26.8 Å². The van der Waals surface area contributed by atoms with Crippen molar-refractivity contribution in [3.05, 3.63) is 58.6 Å². The first kappa shape index (κ1) is 20.1. The van der Waals surface area contributed by atoms with Gasteiger partial charge in [0.1, 0.15) is 0 Å². The van der Waals surface area contributed by atoms with E-state index in [4.69, 9.17) is 11.6 Å². The van der Waals surface area contributed by atoms with Crippen molar-refractivity contribution < 1.29 is 4.79 Å². The second-order valence-electron chi connectivity index (χ2n) is 8.34. The summed E-state index contributed by atoms with van der Waals surface area (Å²) in [4.78, 5) is 19.9. The van der Waals surface area contributed by atoms with Gasteiger partial charge in [-0.1, -0.05) is 35.4 Å². The lowest BCUT2D eigenvalue weighted by molar-refractivity contribution is -0.136. The molecule has 4 rings (SSSR count). The van der Waals surface area contributed by atoms with E-state index in [1.54, 1.807) is 0 Å². The van der Waals surface area contributed by atoms with Crippen LogP contribution in [0.3, 0.4) is 0 Å². The van der Waals surface area contributed by atoms with E-state index in [0.717, 1.165) is 57.1 Å². The maximum absolute atomic E-state index is 13.1. The molecule has 0 spiro atoms. The predicted octanol–water partition coefficient (Wildman–Crippen LogP) is 4.52. The predicted molar refractivity (Wildman–Crippen MR) is 121 cm³/mol. The average Bonchev–Trinajstić information content (AvgIpc) is 2.76. The number of piperazine rings is 1. The highest BCUT2D eigenvalue weighted by Gasteiger charge is 2.30. The molecule has 2 saturated heterocycles. The average molecular weight is 412 g/mol. The fourth-order valence-corrected chi connectivity index (χ4v) is 4.66. The van der Waals surface area contributed by atoms with Gasteiger partial charge in [0.15, 0.2) is 0 Å². The minimum absolute atomic E-state index is 0.163. The number of carbonyl (C=O) groups is 1. The van der Waals surface area contributed by atoms with E-state index in [2.05, 4.69) is 58.9 Å². The highest BCUT2D eigenvalue weighted by molar-refractivity contribution is 6.30. The van der Waals surface area contributed by atoms with Crippen molar-refractivity contribution in [3.8, 4) is 0 Å². The molecule has 4 nitrogen and oxygen atoms in total. The second kappa shape index (κ2) is 8.66. The summed E-state index contributed by atoms with van der Waals surface area (Å²) in [7, 11) is 0. The fourth-order valence-electron chi connectivity index (χ4n) is 4.49. The molecule has 0 unspecified atom stereocenters. The molecule has 2 fully saturated rings. The number of amides is 1. The minimum Gasteiger partial charge on any atom is -0.371 e. The molecule has 0 atom stereocenters. The summed E-state index contributed by atoms with van der Waals surface area (Å²) < 4.78 is 0. The molecule has 0 aliphatic carbocycles. The maximum atomic E-state index is 13.1. The van der Waals surface area contributed by atoms with Crippen LogP contribution < -0.4 is 9.80 Å². The van der Waals surface area contributed by atoms with Gasteiger partial charge in [0.05, 0.1) is 0 Å². The van der Waals surface area contributed by atoms with Crippen molar-refractivity contribution in [2.24, 2.45) is 5.92 Å². The summed E-state index contributed by atoms with van der Waals surface area (Å²) in [5.74, 6) is 0.507. The second-order valence-corrected chi connectivity index (χ2v) is 8.78. The molecule has 2 aliphatic rings. The van der Waals surface area contributed by atoms with Gasteiger partial charge in [0.2, 0.25) is 5.91 Å². The molecule has 29 heavy (non-hydrogen) atoms. The van der Waals surface area contributed by atoms with Gasteiger partial charge < -0.3 is 14.7 Å². The Labute approximate surface area is 179 Å². The molecule has 2 aromatic rings. The highest BCUT2D eigenvalue weighted by atomic mass is 35.5. The number of halogens is 1. The van der Waals surface area contributed by atoms with E-state index in [9.17, 15) is 4.79 Å². The standard InChI is InChI=1S/C24H30ClN3O/c1-18-3-7-22(8-4-18)26-11-9-20(10-12-26)24(29)28-15-13-27(14-16-28)23-17-21(25)6-5-19(23)2/h3-8,17,20H,9-16H2,1-2H3. The van der Waals surface area contributed by atoms with E-state index in [1.165, 1.54) is 22.5 Å². The summed E-state index contributed by atoms with van der Waals surface area (Å²) in [5.41, 5.74) is 4.98. The third kappa shape index (κ3) is 4.53. The van der Waals surface area contributed by atoms with E-state index >= 15 is 0 Å². The molecular formula is C24H30ClN3O. The number of benzene rings is 2. The normalized spacial score (nSPS) is 18.2. The van der Waals surface area contributed by atoms with Crippen LogP contribution in [0.5, 0.6) is 0 Å². The Kier molecular flexibility index (Phi) is 6.00. The van der Waals surface area contributed by atoms with Gasteiger partial charge in [0.25, 0.3) is 0 Å². The van der Waals surface area contributed by atoms with Crippen LogP contribution in [0.2, 0.25) is 5.02 Å². The Bertz CT molecular complexity index is 851. The number of anilines is 2. The van der Waals surface area contributed by atoms with Crippen molar-refractivity contribution in [2.45, 2.75) is 26.7 Å². The monoisotopic (exact) mass is 411 g/mol. The molecule has 0 bridgehead atoms. The number of rotatable bonds is 3. The molecule has 0 saturated carbocycles. The van der Waals surface area contributed by atoms with Crippen LogP contribution >= 0.6 is 11.6 Å². The first-order valence-electron chi connectivity index (χ1n) is 10.6. The van der Waals surface area contributed by atoms with E-state index in [1.807, 2.05) is 12.1 Å². The lowest BCUT2D eigenvalue weighted by atomic mass is 9.94. The molecule has 2 heterocycles. The zero-order valence-electron chi connectivity index (χ0n) is 17.4.